The summed E-state index contributed by atoms with van der Waals surface area (Å²) in [5, 5.41) is 10.8. The van der Waals surface area contributed by atoms with Crippen LogP contribution in [0.1, 0.15) is 20.8 Å². The number of H-pyrrole nitrogens is 1. The van der Waals surface area contributed by atoms with E-state index in [-0.39, 0.29) is 5.54 Å². The van der Waals surface area contributed by atoms with Gasteiger partial charge >= 0.3 is 0 Å². The Morgan fingerprint density at radius 3 is 2.87 bits per heavy atom. The lowest BCUT2D eigenvalue weighted by atomic mass is 10.1. The summed E-state index contributed by atoms with van der Waals surface area (Å²) in [5.41, 5.74) is 1.30. The molecule has 0 atom stereocenters. The quantitative estimate of drug-likeness (QED) is 0.594. The van der Waals surface area contributed by atoms with E-state index in [9.17, 15) is 0 Å². The minimum Gasteiger partial charge on any atom is -0.308 e. The number of hydrogen-bond donors (Lipinski definition) is 2. The summed E-state index contributed by atoms with van der Waals surface area (Å²) >= 11 is 1.62. The Morgan fingerprint density at radius 1 is 1.60 bits per heavy atom. The van der Waals surface area contributed by atoms with Gasteiger partial charge in [0.1, 0.15) is 6.33 Å². The molecule has 0 saturated heterocycles. The van der Waals surface area contributed by atoms with Crippen LogP contribution in [0.4, 0.5) is 0 Å². The third kappa shape index (κ3) is 5.59. The fraction of sp³-hybridized carbons (Fsp3) is 0.600. The highest BCUT2D eigenvalue weighted by atomic mass is 32.2. The van der Waals surface area contributed by atoms with Crippen LogP contribution in [-0.4, -0.2) is 33.0 Å². The predicted molar refractivity (Wildman–Crippen MR) is 64.0 cm³/mol. The lowest BCUT2D eigenvalue weighted by Crippen LogP contribution is -2.37. The standard InChI is InChI=1S/C10H18N4S/c1-8(5-12-10(2,3)4)6-15-9-11-7-13-14-9/h7,12H,1,5-6H2,2-4H3,(H,11,13,14). The van der Waals surface area contributed by atoms with Crippen molar-refractivity contribution in [2.75, 3.05) is 12.3 Å². The van der Waals surface area contributed by atoms with E-state index in [0.717, 1.165) is 23.0 Å². The Kier molecular flexibility index (Phi) is 4.35. The van der Waals surface area contributed by atoms with Crippen molar-refractivity contribution < 1.29 is 0 Å². The Bertz CT molecular complexity index is 300. The number of aromatic nitrogens is 3. The van der Waals surface area contributed by atoms with Crippen LogP contribution in [0.25, 0.3) is 0 Å². The maximum Gasteiger partial charge on any atom is 0.183 e. The summed E-state index contributed by atoms with van der Waals surface area (Å²) in [7, 11) is 0. The molecule has 1 heterocycles. The van der Waals surface area contributed by atoms with E-state index in [1.165, 1.54) is 6.33 Å². The van der Waals surface area contributed by atoms with Gasteiger partial charge in [-0.2, -0.15) is 5.10 Å². The Morgan fingerprint density at radius 2 is 2.33 bits per heavy atom. The monoisotopic (exact) mass is 226 g/mol. The molecule has 1 aromatic rings. The number of nitrogens with one attached hydrogen (secondary N) is 2. The second-order valence-electron chi connectivity index (χ2n) is 4.43. The van der Waals surface area contributed by atoms with E-state index in [4.69, 9.17) is 0 Å². The van der Waals surface area contributed by atoms with E-state index < -0.39 is 0 Å². The summed E-state index contributed by atoms with van der Waals surface area (Å²) in [4.78, 5) is 4.03. The maximum atomic E-state index is 4.03. The van der Waals surface area contributed by atoms with Crippen LogP contribution >= 0.6 is 11.8 Å². The molecule has 2 N–H and O–H groups in total. The fourth-order valence-electron chi connectivity index (χ4n) is 0.875. The topological polar surface area (TPSA) is 53.6 Å². The normalized spacial score (nSPS) is 11.7. The van der Waals surface area contributed by atoms with Crippen LogP contribution < -0.4 is 5.32 Å². The first-order valence-corrected chi connectivity index (χ1v) is 5.86. The number of thioether (sulfide) groups is 1. The third-order valence-corrected chi connectivity index (χ3v) is 2.70. The van der Waals surface area contributed by atoms with E-state index in [2.05, 4.69) is 47.8 Å². The lowest BCUT2D eigenvalue weighted by Gasteiger charge is -2.21. The molecular weight excluding hydrogens is 208 g/mol. The van der Waals surface area contributed by atoms with Gasteiger partial charge in [0.15, 0.2) is 5.16 Å². The zero-order valence-electron chi connectivity index (χ0n) is 9.50. The van der Waals surface area contributed by atoms with Gasteiger partial charge in [0, 0.05) is 17.8 Å². The van der Waals surface area contributed by atoms with Gasteiger partial charge in [-0.3, -0.25) is 5.10 Å². The molecule has 0 saturated carbocycles. The van der Waals surface area contributed by atoms with Gasteiger partial charge in [-0.05, 0) is 20.8 Å². The summed E-state index contributed by atoms with van der Waals surface area (Å²) in [6, 6.07) is 0. The van der Waals surface area contributed by atoms with Crippen molar-refractivity contribution in [3.8, 4) is 0 Å². The fourth-order valence-corrected chi connectivity index (χ4v) is 1.56. The molecule has 1 aromatic heterocycles. The van der Waals surface area contributed by atoms with E-state index in [1.807, 2.05) is 0 Å². The molecular formula is C10H18N4S. The number of hydrogen-bond acceptors (Lipinski definition) is 4. The molecule has 5 heteroatoms. The lowest BCUT2D eigenvalue weighted by molar-refractivity contribution is 0.445. The molecule has 0 radical (unpaired) electrons. The maximum absolute atomic E-state index is 4.03. The van der Waals surface area contributed by atoms with E-state index in [0.29, 0.717) is 0 Å². The zero-order chi connectivity index (χ0) is 11.3. The summed E-state index contributed by atoms with van der Waals surface area (Å²) in [6.45, 7) is 11.3. The second kappa shape index (κ2) is 5.32. The van der Waals surface area contributed by atoms with Gasteiger partial charge in [0.2, 0.25) is 0 Å². The average Bonchev–Trinajstić information content (AvgIpc) is 2.62. The highest BCUT2D eigenvalue weighted by Crippen LogP contribution is 2.14. The molecule has 0 bridgehead atoms. The van der Waals surface area contributed by atoms with Gasteiger partial charge in [0.05, 0.1) is 0 Å². The van der Waals surface area contributed by atoms with Crippen LogP contribution in [0, 0.1) is 0 Å². The SMILES string of the molecule is C=C(CNC(C)(C)C)CSc1ncn[nH]1. The van der Waals surface area contributed by atoms with E-state index >= 15 is 0 Å². The largest absolute Gasteiger partial charge is 0.308 e. The molecule has 15 heavy (non-hydrogen) atoms. The van der Waals surface area contributed by atoms with Crippen molar-refractivity contribution in [1.82, 2.24) is 20.5 Å². The third-order valence-electron chi connectivity index (χ3n) is 1.67. The molecule has 0 amide bonds. The number of rotatable bonds is 5. The van der Waals surface area contributed by atoms with Crippen LogP contribution in [0.2, 0.25) is 0 Å². The summed E-state index contributed by atoms with van der Waals surface area (Å²) in [5.74, 6) is 0.859. The molecule has 1 rings (SSSR count). The molecule has 0 spiro atoms. The molecule has 0 aliphatic rings. The smallest absolute Gasteiger partial charge is 0.183 e. The molecule has 0 fully saturated rings. The van der Waals surface area contributed by atoms with Gasteiger partial charge in [0.25, 0.3) is 0 Å². The van der Waals surface area contributed by atoms with Crippen molar-refractivity contribution in [1.29, 1.82) is 0 Å². The van der Waals surface area contributed by atoms with Crippen LogP contribution in [-0.2, 0) is 0 Å². The van der Waals surface area contributed by atoms with Gasteiger partial charge < -0.3 is 5.32 Å². The van der Waals surface area contributed by atoms with Crippen LogP contribution in [0.3, 0.4) is 0 Å². The van der Waals surface area contributed by atoms with Crippen LogP contribution in [0.5, 0.6) is 0 Å². The van der Waals surface area contributed by atoms with Crippen molar-refractivity contribution in [2.45, 2.75) is 31.5 Å². The first kappa shape index (κ1) is 12.3. The Hall–Kier alpha value is -0.810. The highest BCUT2D eigenvalue weighted by molar-refractivity contribution is 7.99. The van der Waals surface area contributed by atoms with Crippen molar-refractivity contribution in [3.05, 3.63) is 18.5 Å². The Labute approximate surface area is 95.0 Å². The molecule has 4 nitrogen and oxygen atoms in total. The van der Waals surface area contributed by atoms with E-state index in [1.54, 1.807) is 11.8 Å². The summed E-state index contributed by atoms with van der Waals surface area (Å²) < 4.78 is 0. The minimum atomic E-state index is 0.139. The number of aromatic amines is 1. The van der Waals surface area contributed by atoms with Crippen molar-refractivity contribution >= 4 is 11.8 Å². The molecule has 0 aromatic carbocycles. The first-order chi connectivity index (χ1) is 6.97. The van der Waals surface area contributed by atoms with Crippen molar-refractivity contribution in [3.63, 3.8) is 0 Å². The second-order valence-corrected chi connectivity index (χ2v) is 5.40. The van der Waals surface area contributed by atoms with Gasteiger partial charge in [-0.25, -0.2) is 4.98 Å². The average molecular weight is 226 g/mol. The first-order valence-electron chi connectivity index (χ1n) is 4.87. The molecule has 84 valence electrons. The Balaban J connectivity index is 2.20. The van der Waals surface area contributed by atoms with Crippen LogP contribution in [0.15, 0.2) is 23.6 Å². The summed E-state index contributed by atoms with van der Waals surface area (Å²) in [6.07, 6.45) is 1.51. The van der Waals surface area contributed by atoms with Gasteiger partial charge in [-0.1, -0.05) is 23.9 Å². The molecule has 0 unspecified atom stereocenters. The molecule has 0 aliphatic heterocycles. The number of nitrogens with zero attached hydrogens (tertiary/aromatic N) is 2. The highest BCUT2D eigenvalue weighted by Gasteiger charge is 2.08. The molecule has 0 aliphatic carbocycles. The predicted octanol–water partition coefficient (Wildman–Crippen LogP) is 1.84. The van der Waals surface area contributed by atoms with Gasteiger partial charge in [-0.15, -0.1) is 0 Å². The minimum absolute atomic E-state index is 0.139. The zero-order valence-corrected chi connectivity index (χ0v) is 10.3. The van der Waals surface area contributed by atoms with Crippen molar-refractivity contribution in [2.24, 2.45) is 0 Å².